The Morgan fingerprint density at radius 2 is 2.06 bits per heavy atom. The Morgan fingerprint density at radius 1 is 1.29 bits per heavy atom. The predicted octanol–water partition coefficient (Wildman–Crippen LogP) is 2.89. The molecule has 0 spiro atoms. The van der Waals surface area contributed by atoms with Crippen LogP contribution in [0.3, 0.4) is 0 Å². The van der Waals surface area contributed by atoms with E-state index in [1.807, 2.05) is 0 Å². The highest BCUT2D eigenvalue weighted by Gasteiger charge is 2.24. The van der Waals surface area contributed by atoms with Crippen molar-refractivity contribution in [2.24, 2.45) is 11.7 Å². The van der Waals surface area contributed by atoms with Crippen molar-refractivity contribution in [1.29, 1.82) is 0 Å². The monoisotopic (exact) mass is 263 g/mol. The zero-order chi connectivity index (χ0) is 11.5. The molecule has 1 aromatic carbocycles. The third-order valence-electron chi connectivity index (χ3n) is 3.06. The Labute approximate surface area is 106 Å². The quantitative estimate of drug-likeness (QED) is 0.910. The fourth-order valence-corrected chi connectivity index (χ4v) is 2.06. The van der Waals surface area contributed by atoms with Crippen molar-refractivity contribution < 1.29 is 13.5 Å². The van der Waals surface area contributed by atoms with Gasteiger partial charge in [0.05, 0.1) is 6.61 Å². The van der Waals surface area contributed by atoms with Crippen LogP contribution in [0.4, 0.5) is 8.78 Å². The highest BCUT2D eigenvalue weighted by molar-refractivity contribution is 5.85. The van der Waals surface area contributed by atoms with Crippen LogP contribution in [-0.4, -0.2) is 12.6 Å². The summed E-state index contributed by atoms with van der Waals surface area (Å²) in [7, 11) is 0. The average molecular weight is 264 g/mol. The minimum atomic E-state index is -0.661. The molecule has 2 nitrogen and oxygen atoms in total. The average Bonchev–Trinajstić information content (AvgIpc) is 2.63. The number of benzene rings is 1. The summed E-state index contributed by atoms with van der Waals surface area (Å²) in [5.74, 6) is -0.876. The Morgan fingerprint density at radius 3 is 2.65 bits per heavy atom. The molecule has 0 radical (unpaired) electrons. The SMILES string of the molecule is Cl.N[C@H]1CCC[C@@H]1COc1ccc(F)cc1F. The maximum Gasteiger partial charge on any atom is 0.167 e. The van der Waals surface area contributed by atoms with Gasteiger partial charge in [0.2, 0.25) is 0 Å². The van der Waals surface area contributed by atoms with E-state index in [0.29, 0.717) is 6.61 Å². The lowest BCUT2D eigenvalue weighted by Gasteiger charge is -2.16. The van der Waals surface area contributed by atoms with Gasteiger partial charge in [-0.15, -0.1) is 12.4 Å². The molecular weight excluding hydrogens is 248 g/mol. The van der Waals surface area contributed by atoms with E-state index in [1.165, 1.54) is 12.1 Å². The summed E-state index contributed by atoms with van der Waals surface area (Å²) in [6.07, 6.45) is 3.12. The molecule has 2 atom stereocenters. The largest absolute Gasteiger partial charge is 0.490 e. The summed E-state index contributed by atoms with van der Waals surface area (Å²) in [5, 5.41) is 0. The van der Waals surface area contributed by atoms with E-state index in [9.17, 15) is 8.78 Å². The van der Waals surface area contributed by atoms with Crippen LogP contribution in [-0.2, 0) is 0 Å². The molecule has 2 N–H and O–H groups in total. The second-order valence-electron chi connectivity index (χ2n) is 4.24. The van der Waals surface area contributed by atoms with Crippen LogP contribution in [0.15, 0.2) is 18.2 Å². The first-order valence-corrected chi connectivity index (χ1v) is 5.50. The van der Waals surface area contributed by atoms with Gasteiger partial charge in [0.1, 0.15) is 5.82 Å². The minimum Gasteiger partial charge on any atom is -0.490 e. The molecule has 0 bridgehead atoms. The Kier molecular flexibility index (Phi) is 5.15. The first-order valence-electron chi connectivity index (χ1n) is 5.50. The van der Waals surface area contributed by atoms with Crippen molar-refractivity contribution in [3.05, 3.63) is 29.8 Å². The molecule has 0 aliphatic heterocycles. The Bertz CT molecular complexity index is 376. The van der Waals surface area contributed by atoms with Crippen molar-refractivity contribution in [3.8, 4) is 5.75 Å². The van der Waals surface area contributed by atoms with Gasteiger partial charge in [0.25, 0.3) is 0 Å². The molecule has 5 heteroatoms. The van der Waals surface area contributed by atoms with E-state index in [-0.39, 0.29) is 30.1 Å². The van der Waals surface area contributed by atoms with Gasteiger partial charge >= 0.3 is 0 Å². The number of hydrogen-bond acceptors (Lipinski definition) is 2. The molecule has 1 aromatic rings. The fourth-order valence-electron chi connectivity index (χ4n) is 2.06. The van der Waals surface area contributed by atoms with Crippen molar-refractivity contribution in [2.75, 3.05) is 6.61 Å². The van der Waals surface area contributed by atoms with E-state index in [2.05, 4.69) is 0 Å². The molecule has 1 aliphatic rings. The van der Waals surface area contributed by atoms with Crippen molar-refractivity contribution in [3.63, 3.8) is 0 Å². The zero-order valence-corrected chi connectivity index (χ0v) is 10.2. The first kappa shape index (κ1) is 14.2. The summed E-state index contributed by atoms with van der Waals surface area (Å²) in [4.78, 5) is 0. The van der Waals surface area contributed by atoms with Crippen LogP contribution in [0.2, 0.25) is 0 Å². The number of rotatable bonds is 3. The summed E-state index contributed by atoms with van der Waals surface area (Å²) >= 11 is 0. The molecule has 17 heavy (non-hydrogen) atoms. The van der Waals surface area contributed by atoms with Gasteiger partial charge in [0.15, 0.2) is 11.6 Å². The smallest absolute Gasteiger partial charge is 0.167 e. The predicted molar refractivity (Wildman–Crippen MR) is 64.4 cm³/mol. The van der Waals surface area contributed by atoms with Gasteiger partial charge in [0, 0.05) is 18.0 Å². The molecule has 0 heterocycles. The highest BCUT2D eigenvalue weighted by Crippen LogP contribution is 2.26. The van der Waals surface area contributed by atoms with Crippen molar-refractivity contribution in [2.45, 2.75) is 25.3 Å². The third kappa shape index (κ3) is 3.54. The van der Waals surface area contributed by atoms with E-state index < -0.39 is 11.6 Å². The van der Waals surface area contributed by atoms with Gasteiger partial charge in [-0.25, -0.2) is 8.78 Å². The normalized spacial score (nSPS) is 23.2. The van der Waals surface area contributed by atoms with Crippen molar-refractivity contribution in [1.82, 2.24) is 0 Å². The van der Waals surface area contributed by atoms with Crippen LogP contribution >= 0.6 is 12.4 Å². The van der Waals surface area contributed by atoms with Crippen LogP contribution < -0.4 is 10.5 Å². The molecule has 0 unspecified atom stereocenters. The van der Waals surface area contributed by atoms with Gasteiger partial charge < -0.3 is 10.5 Å². The van der Waals surface area contributed by atoms with E-state index >= 15 is 0 Å². The lowest BCUT2D eigenvalue weighted by molar-refractivity contribution is 0.230. The van der Waals surface area contributed by atoms with Gasteiger partial charge in [-0.2, -0.15) is 0 Å². The van der Waals surface area contributed by atoms with E-state index in [4.69, 9.17) is 10.5 Å². The van der Waals surface area contributed by atoms with E-state index in [1.54, 1.807) is 0 Å². The number of nitrogens with two attached hydrogens (primary N) is 1. The zero-order valence-electron chi connectivity index (χ0n) is 9.36. The number of hydrogen-bond donors (Lipinski definition) is 1. The third-order valence-corrected chi connectivity index (χ3v) is 3.06. The topological polar surface area (TPSA) is 35.2 Å². The van der Waals surface area contributed by atoms with Crippen LogP contribution in [0.5, 0.6) is 5.75 Å². The Hall–Kier alpha value is -0.870. The molecule has 0 amide bonds. The Balaban J connectivity index is 0.00000144. The summed E-state index contributed by atoms with van der Waals surface area (Å²) < 4.78 is 31.2. The minimum absolute atomic E-state index is 0. The van der Waals surface area contributed by atoms with E-state index in [0.717, 1.165) is 25.3 Å². The van der Waals surface area contributed by atoms with Gasteiger partial charge in [-0.05, 0) is 25.0 Å². The maximum atomic E-state index is 13.2. The summed E-state index contributed by atoms with van der Waals surface area (Å²) in [6, 6.07) is 3.46. The van der Waals surface area contributed by atoms with Gasteiger partial charge in [-0.3, -0.25) is 0 Å². The standard InChI is InChI=1S/C12H15F2NO.ClH/c13-9-4-5-12(10(14)6-9)16-7-8-2-1-3-11(8)15;/h4-6,8,11H,1-3,7,15H2;1H/t8-,11+;/m1./s1. The molecule has 0 aromatic heterocycles. The maximum absolute atomic E-state index is 13.2. The lowest BCUT2D eigenvalue weighted by Crippen LogP contribution is -2.28. The summed E-state index contributed by atoms with van der Waals surface area (Å²) in [6.45, 7) is 0.406. The molecule has 2 rings (SSSR count). The molecule has 96 valence electrons. The number of halogens is 3. The second kappa shape index (κ2) is 6.17. The number of ether oxygens (including phenoxy) is 1. The highest BCUT2D eigenvalue weighted by atomic mass is 35.5. The van der Waals surface area contributed by atoms with Crippen molar-refractivity contribution >= 4 is 12.4 Å². The molecule has 1 saturated carbocycles. The summed E-state index contributed by atoms with van der Waals surface area (Å²) in [5.41, 5.74) is 5.87. The first-order chi connectivity index (χ1) is 7.66. The second-order valence-corrected chi connectivity index (χ2v) is 4.24. The fraction of sp³-hybridized carbons (Fsp3) is 0.500. The lowest BCUT2D eigenvalue weighted by atomic mass is 10.1. The molecule has 1 aliphatic carbocycles. The molecule has 0 saturated heterocycles. The molecule has 1 fully saturated rings. The van der Waals surface area contributed by atoms with Crippen LogP contribution in [0.1, 0.15) is 19.3 Å². The van der Waals surface area contributed by atoms with Crippen LogP contribution in [0, 0.1) is 17.6 Å². The van der Waals surface area contributed by atoms with Crippen LogP contribution in [0.25, 0.3) is 0 Å². The molecular formula is C12H16ClF2NO. The van der Waals surface area contributed by atoms with Gasteiger partial charge in [-0.1, -0.05) is 6.42 Å².